The van der Waals surface area contributed by atoms with Crippen molar-refractivity contribution in [1.29, 1.82) is 0 Å². The van der Waals surface area contributed by atoms with E-state index in [0.717, 1.165) is 22.8 Å². The van der Waals surface area contributed by atoms with Crippen LogP contribution in [0, 0.1) is 5.92 Å². The third-order valence-corrected chi connectivity index (χ3v) is 5.23. The maximum atomic E-state index is 12.9. The van der Waals surface area contributed by atoms with Crippen molar-refractivity contribution in [2.75, 3.05) is 0 Å². The molecule has 2 heteroatoms. The van der Waals surface area contributed by atoms with Crippen LogP contribution in [0.1, 0.15) is 42.5 Å². The summed E-state index contributed by atoms with van der Waals surface area (Å²) in [7, 11) is 0. The first kappa shape index (κ1) is 13.0. The Morgan fingerprint density at radius 3 is 2.71 bits per heavy atom. The number of ketones is 1. The van der Waals surface area contributed by atoms with Crippen LogP contribution in [0.3, 0.4) is 0 Å². The van der Waals surface area contributed by atoms with Gasteiger partial charge in [-0.3, -0.25) is 4.79 Å². The molecule has 2 nitrogen and oxygen atoms in total. The molecule has 4 rings (SSSR count). The van der Waals surface area contributed by atoms with E-state index in [1.807, 2.05) is 24.3 Å². The fraction of sp³-hybridized carbons (Fsp3) is 0.421. The molecule has 2 aliphatic rings. The molecule has 2 aromatic rings. The van der Waals surface area contributed by atoms with Gasteiger partial charge >= 0.3 is 0 Å². The van der Waals surface area contributed by atoms with Crippen molar-refractivity contribution in [2.24, 2.45) is 5.92 Å². The van der Waals surface area contributed by atoms with Gasteiger partial charge in [-0.25, -0.2) is 0 Å². The fourth-order valence-corrected chi connectivity index (χ4v) is 4.15. The zero-order valence-electron chi connectivity index (χ0n) is 12.2. The number of fused-ring (bicyclic) bond motifs is 2. The summed E-state index contributed by atoms with van der Waals surface area (Å²) in [6.07, 6.45) is 6.19. The summed E-state index contributed by atoms with van der Waals surface area (Å²) < 4.78 is 0. The van der Waals surface area contributed by atoms with Gasteiger partial charge in [0, 0.05) is 11.6 Å². The van der Waals surface area contributed by atoms with Gasteiger partial charge in [-0.15, -0.1) is 0 Å². The average Bonchev–Trinajstić information content (AvgIpc) is 2.97. The minimum Gasteiger partial charge on any atom is -0.304 e. The molecule has 1 aliphatic heterocycles. The van der Waals surface area contributed by atoms with Gasteiger partial charge in [-0.2, -0.15) is 0 Å². The number of hydrogen-bond acceptors (Lipinski definition) is 2. The number of Topliss-reactive ketones (excluding diaryl/α,β-unsaturated/α-hetero) is 1. The molecule has 1 heterocycles. The van der Waals surface area contributed by atoms with Gasteiger partial charge in [-0.05, 0) is 36.0 Å². The number of hydrogen-bond donors (Lipinski definition) is 1. The SMILES string of the molecule is O=C(c1cccc2ccccc12)C1CC2CCCCC2N1. The first-order valence-electron chi connectivity index (χ1n) is 8.11. The summed E-state index contributed by atoms with van der Waals surface area (Å²) in [5.74, 6) is 0.990. The molecule has 2 aromatic carbocycles. The van der Waals surface area contributed by atoms with E-state index in [0.29, 0.717) is 12.0 Å². The van der Waals surface area contributed by atoms with E-state index in [4.69, 9.17) is 0 Å². The number of benzene rings is 2. The van der Waals surface area contributed by atoms with E-state index in [9.17, 15) is 4.79 Å². The van der Waals surface area contributed by atoms with Crippen LogP contribution < -0.4 is 5.32 Å². The lowest BCUT2D eigenvalue weighted by atomic mass is 9.84. The lowest BCUT2D eigenvalue weighted by Crippen LogP contribution is -2.37. The van der Waals surface area contributed by atoms with Gasteiger partial charge in [0.2, 0.25) is 0 Å². The molecule has 108 valence electrons. The Bertz CT molecular complexity index is 659. The molecular weight excluding hydrogens is 258 g/mol. The number of nitrogens with one attached hydrogen (secondary N) is 1. The van der Waals surface area contributed by atoms with Crippen LogP contribution in [0.4, 0.5) is 0 Å². The molecule has 0 radical (unpaired) electrons. The molecule has 0 aromatic heterocycles. The third-order valence-electron chi connectivity index (χ3n) is 5.23. The molecule has 1 N–H and O–H groups in total. The summed E-state index contributed by atoms with van der Waals surface area (Å²) in [6.45, 7) is 0. The van der Waals surface area contributed by atoms with Crippen molar-refractivity contribution in [3.8, 4) is 0 Å². The zero-order chi connectivity index (χ0) is 14.2. The second-order valence-electron chi connectivity index (χ2n) is 6.50. The molecule has 2 fully saturated rings. The van der Waals surface area contributed by atoms with E-state index in [2.05, 4.69) is 23.5 Å². The third kappa shape index (κ3) is 2.28. The molecule has 0 spiro atoms. The number of rotatable bonds is 2. The normalized spacial score (nSPS) is 28.5. The Morgan fingerprint density at radius 1 is 1.00 bits per heavy atom. The quantitative estimate of drug-likeness (QED) is 0.844. The highest BCUT2D eigenvalue weighted by Crippen LogP contribution is 2.34. The van der Waals surface area contributed by atoms with Crippen LogP contribution in [-0.2, 0) is 0 Å². The predicted octanol–water partition coefficient (Wildman–Crippen LogP) is 3.94. The molecule has 0 bridgehead atoms. The van der Waals surface area contributed by atoms with Crippen molar-refractivity contribution >= 4 is 16.6 Å². The maximum absolute atomic E-state index is 12.9. The fourth-order valence-electron chi connectivity index (χ4n) is 4.15. The number of carbonyl (C=O) groups excluding carboxylic acids is 1. The van der Waals surface area contributed by atoms with Crippen LogP contribution in [0.15, 0.2) is 42.5 Å². The molecule has 0 amide bonds. The van der Waals surface area contributed by atoms with E-state index < -0.39 is 0 Å². The molecule has 3 atom stereocenters. The van der Waals surface area contributed by atoms with E-state index in [1.165, 1.54) is 25.7 Å². The standard InChI is InChI=1S/C19H21NO/c21-19(18-12-14-7-2-4-11-17(14)20-18)16-10-5-8-13-6-1-3-9-15(13)16/h1,3,5-6,8-10,14,17-18,20H,2,4,7,11-12H2. The van der Waals surface area contributed by atoms with Crippen LogP contribution in [0.25, 0.3) is 10.8 Å². The summed E-state index contributed by atoms with van der Waals surface area (Å²) in [6, 6.07) is 14.8. The lowest BCUT2D eigenvalue weighted by Gasteiger charge is -2.24. The highest BCUT2D eigenvalue weighted by atomic mass is 16.1. The Hall–Kier alpha value is -1.67. The molecule has 3 unspecified atom stereocenters. The topological polar surface area (TPSA) is 29.1 Å². The van der Waals surface area contributed by atoms with Gasteiger partial charge in [-0.1, -0.05) is 55.3 Å². The first-order chi connectivity index (χ1) is 10.3. The van der Waals surface area contributed by atoms with Gasteiger partial charge in [0.15, 0.2) is 5.78 Å². The Morgan fingerprint density at radius 2 is 1.81 bits per heavy atom. The minimum atomic E-state index is 0.0175. The molecule has 1 saturated carbocycles. The second-order valence-corrected chi connectivity index (χ2v) is 6.50. The van der Waals surface area contributed by atoms with Gasteiger partial charge in [0.25, 0.3) is 0 Å². The van der Waals surface area contributed by atoms with Gasteiger partial charge < -0.3 is 5.32 Å². The molecular formula is C19H21NO. The maximum Gasteiger partial charge on any atom is 0.180 e. The largest absolute Gasteiger partial charge is 0.304 e. The van der Waals surface area contributed by atoms with Crippen molar-refractivity contribution in [1.82, 2.24) is 5.32 Å². The summed E-state index contributed by atoms with van der Waals surface area (Å²) in [5.41, 5.74) is 0.879. The highest BCUT2D eigenvalue weighted by molar-refractivity contribution is 6.10. The predicted molar refractivity (Wildman–Crippen MR) is 85.6 cm³/mol. The minimum absolute atomic E-state index is 0.0175. The van der Waals surface area contributed by atoms with E-state index in [1.54, 1.807) is 0 Å². The summed E-state index contributed by atoms with van der Waals surface area (Å²) in [5, 5.41) is 5.84. The average molecular weight is 279 g/mol. The second kappa shape index (κ2) is 5.27. The van der Waals surface area contributed by atoms with Crippen molar-refractivity contribution in [3.63, 3.8) is 0 Å². The van der Waals surface area contributed by atoms with Crippen LogP contribution in [0.2, 0.25) is 0 Å². The van der Waals surface area contributed by atoms with Crippen LogP contribution in [0.5, 0.6) is 0 Å². The smallest absolute Gasteiger partial charge is 0.180 e. The monoisotopic (exact) mass is 279 g/mol. The molecule has 21 heavy (non-hydrogen) atoms. The molecule has 1 saturated heterocycles. The highest BCUT2D eigenvalue weighted by Gasteiger charge is 2.38. The van der Waals surface area contributed by atoms with Crippen LogP contribution >= 0.6 is 0 Å². The Labute approximate surface area is 125 Å². The Kier molecular flexibility index (Phi) is 3.27. The number of carbonyl (C=O) groups is 1. The van der Waals surface area contributed by atoms with Gasteiger partial charge in [0.1, 0.15) is 0 Å². The van der Waals surface area contributed by atoms with Crippen molar-refractivity contribution < 1.29 is 4.79 Å². The zero-order valence-corrected chi connectivity index (χ0v) is 12.2. The van der Waals surface area contributed by atoms with E-state index >= 15 is 0 Å². The lowest BCUT2D eigenvalue weighted by molar-refractivity contribution is 0.0950. The van der Waals surface area contributed by atoms with Crippen LogP contribution in [-0.4, -0.2) is 17.9 Å². The van der Waals surface area contributed by atoms with Crippen molar-refractivity contribution in [2.45, 2.75) is 44.2 Å². The Balaban J connectivity index is 1.65. The first-order valence-corrected chi connectivity index (χ1v) is 8.11. The molecule has 1 aliphatic carbocycles. The van der Waals surface area contributed by atoms with Crippen molar-refractivity contribution in [3.05, 3.63) is 48.0 Å². The summed E-state index contributed by atoms with van der Waals surface area (Å²) in [4.78, 5) is 12.9. The van der Waals surface area contributed by atoms with Gasteiger partial charge in [0.05, 0.1) is 6.04 Å². The summed E-state index contributed by atoms with van der Waals surface area (Å²) >= 11 is 0. The van der Waals surface area contributed by atoms with E-state index in [-0.39, 0.29) is 11.8 Å².